The van der Waals surface area contributed by atoms with Crippen molar-refractivity contribution in [1.29, 1.82) is 0 Å². The zero-order valence-corrected chi connectivity index (χ0v) is 11.1. The highest BCUT2D eigenvalue weighted by Crippen LogP contribution is 2.30. The number of benzene rings is 1. The van der Waals surface area contributed by atoms with Crippen LogP contribution in [0.5, 0.6) is 0 Å². The van der Waals surface area contributed by atoms with Crippen molar-refractivity contribution in [3.8, 4) is 11.3 Å². The molecule has 0 aliphatic heterocycles. The van der Waals surface area contributed by atoms with Crippen molar-refractivity contribution in [2.24, 2.45) is 0 Å². The minimum absolute atomic E-state index is 0.134. The number of hydrogen-bond acceptors (Lipinski definition) is 2. The second-order valence-corrected chi connectivity index (χ2v) is 4.67. The molecule has 0 aliphatic rings. The molecule has 6 heteroatoms. The van der Waals surface area contributed by atoms with Gasteiger partial charge in [-0.1, -0.05) is 12.2 Å². The van der Waals surface area contributed by atoms with Gasteiger partial charge in [-0.05, 0) is 35.0 Å². The van der Waals surface area contributed by atoms with Gasteiger partial charge < -0.3 is 4.98 Å². The first-order valence-corrected chi connectivity index (χ1v) is 5.90. The molecule has 1 heterocycles. The van der Waals surface area contributed by atoms with Crippen LogP contribution >= 0.6 is 28.1 Å². The molecule has 1 aromatic heterocycles. The molecule has 0 atom stereocenters. The average molecular weight is 317 g/mol. The molecule has 2 rings (SSSR count). The third-order valence-electron chi connectivity index (χ3n) is 2.38. The Morgan fingerprint density at radius 2 is 2.06 bits per heavy atom. The molecule has 1 N–H and O–H groups in total. The lowest BCUT2D eigenvalue weighted by molar-refractivity contribution is 0.584. The molecule has 0 saturated heterocycles. The summed E-state index contributed by atoms with van der Waals surface area (Å²) in [5.74, 6) is -1.31. The Hall–Kier alpha value is -1.14. The number of nitrogens with zero attached hydrogens (tertiary/aromatic N) is 1. The van der Waals surface area contributed by atoms with Gasteiger partial charge in [0.2, 0.25) is 0 Å². The van der Waals surface area contributed by atoms with E-state index in [1.807, 2.05) is 0 Å². The second kappa shape index (κ2) is 4.62. The summed E-state index contributed by atoms with van der Waals surface area (Å²) in [7, 11) is 0. The largest absolute Gasteiger partial charge is 0.345 e. The molecule has 0 fully saturated rings. The maximum absolute atomic E-state index is 13.9. The van der Waals surface area contributed by atoms with E-state index in [2.05, 4.69) is 25.9 Å². The lowest BCUT2D eigenvalue weighted by Gasteiger charge is -2.09. The smallest absolute Gasteiger partial charge is 0.149 e. The molecular weight excluding hydrogens is 310 g/mol. The third-order valence-corrected chi connectivity index (χ3v) is 3.40. The first-order chi connectivity index (χ1) is 8.02. The number of aromatic amines is 1. The molecule has 0 amide bonds. The Labute approximate surface area is 110 Å². The van der Waals surface area contributed by atoms with Gasteiger partial charge in [-0.3, -0.25) is 0 Å². The maximum Gasteiger partial charge on any atom is 0.149 e. The van der Waals surface area contributed by atoms with Crippen molar-refractivity contribution in [3.05, 3.63) is 44.8 Å². The van der Waals surface area contributed by atoms with E-state index in [9.17, 15) is 8.78 Å². The Morgan fingerprint density at radius 1 is 1.35 bits per heavy atom. The Bertz CT molecular complexity index is 640. The molecule has 0 radical (unpaired) electrons. The lowest BCUT2D eigenvalue weighted by Crippen LogP contribution is -1.98. The van der Waals surface area contributed by atoms with Crippen molar-refractivity contribution >= 4 is 28.1 Å². The molecule has 1 aromatic carbocycles. The van der Waals surface area contributed by atoms with Gasteiger partial charge in [-0.25, -0.2) is 13.8 Å². The number of H-pyrrole nitrogens is 1. The van der Waals surface area contributed by atoms with Gasteiger partial charge >= 0.3 is 0 Å². The highest BCUT2D eigenvalue weighted by molar-refractivity contribution is 9.10. The predicted molar refractivity (Wildman–Crippen MR) is 67.2 cm³/mol. The molecule has 0 saturated carbocycles. The van der Waals surface area contributed by atoms with Crippen LogP contribution in [-0.4, -0.2) is 9.97 Å². The van der Waals surface area contributed by atoms with Crippen molar-refractivity contribution < 1.29 is 8.78 Å². The summed E-state index contributed by atoms with van der Waals surface area (Å²) in [6.07, 6.45) is 1.32. The van der Waals surface area contributed by atoms with Gasteiger partial charge in [0.25, 0.3) is 0 Å². The zero-order valence-electron chi connectivity index (χ0n) is 8.72. The minimum atomic E-state index is -0.662. The molecule has 2 aromatic rings. The quantitative estimate of drug-likeness (QED) is 0.632. The zero-order chi connectivity index (χ0) is 12.6. The summed E-state index contributed by atoms with van der Waals surface area (Å²) >= 11 is 8.00. The van der Waals surface area contributed by atoms with Gasteiger partial charge in [-0.15, -0.1) is 0 Å². The minimum Gasteiger partial charge on any atom is -0.345 e. The monoisotopic (exact) mass is 316 g/mol. The van der Waals surface area contributed by atoms with E-state index in [1.54, 1.807) is 6.92 Å². The standard InChI is InChI=1S/C11H7BrF2N2S/c1-5-10(15-4-16-11(5)17)8-7(13)3-2-6(12)9(8)14/h2-4H,1H3,(H,15,16,17). The van der Waals surface area contributed by atoms with E-state index in [0.717, 1.165) is 0 Å². The van der Waals surface area contributed by atoms with Crippen LogP contribution in [0, 0.1) is 23.2 Å². The third kappa shape index (κ3) is 2.14. The number of halogens is 3. The van der Waals surface area contributed by atoms with Crippen LogP contribution in [0.25, 0.3) is 11.3 Å². The van der Waals surface area contributed by atoms with Crippen LogP contribution in [0.3, 0.4) is 0 Å². The van der Waals surface area contributed by atoms with Gasteiger partial charge in [-0.2, -0.15) is 0 Å². The number of rotatable bonds is 1. The molecule has 17 heavy (non-hydrogen) atoms. The summed E-state index contributed by atoms with van der Waals surface area (Å²) < 4.78 is 28.1. The molecule has 0 bridgehead atoms. The van der Waals surface area contributed by atoms with Gasteiger partial charge in [0.05, 0.1) is 22.1 Å². The first-order valence-electron chi connectivity index (χ1n) is 4.70. The summed E-state index contributed by atoms with van der Waals surface area (Å²) in [4.78, 5) is 6.57. The number of hydrogen-bond donors (Lipinski definition) is 1. The van der Waals surface area contributed by atoms with E-state index in [4.69, 9.17) is 12.2 Å². The van der Waals surface area contributed by atoms with Crippen LogP contribution in [-0.2, 0) is 0 Å². The fourth-order valence-electron chi connectivity index (χ4n) is 1.48. The van der Waals surface area contributed by atoms with E-state index in [0.29, 0.717) is 15.9 Å². The fourth-order valence-corrected chi connectivity index (χ4v) is 1.97. The van der Waals surface area contributed by atoms with Gasteiger partial charge in [0.15, 0.2) is 0 Å². The first kappa shape index (κ1) is 12.3. The summed E-state index contributed by atoms with van der Waals surface area (Å²) in [5.41, 5.74) is 0.713. The molecular formula is C11H7BrF2N2S. The van der Waals surface area contributed by atoms with Crippen LogP contribution in [0.4, 0.5) is 8.78 Å². The number of aromatic nitrogens is 2. The summed E-state index contributed by atoms with van der Waals surface area (Å²) in [6, 6.07) is 2.51. The average Bonchev–Trinajstić information content (AvgIpc) is 2.30. The molecule has 88 valence electrons. The van der Waals surface area contributed by atoms with Gasteiger partial charge in [0, 0.05) is 5.56 Å². The topological polar surface area (TPSA) is 28.7 Å². The molecule has 0 unspecified atom stereocenters. The van der Waals surface area contributed by atoms with Crippen molar-refractivity contribution in [2.75, 3.05) is 0 Å². The summed E-state index contributed by atoms with van der Waals surface area (Å²) in [5, 5.41) is 0. The highest BCUT2D eigenvalue weighted by atomic mass is 79.9. The Kier molecular flexibility index (Phi) is 3.35. The Balaban J connectivity index is 2.82. The van der Waals surface area contributed by atoms with Crippen molar-refractivity contribution in [2.45, 2.75) is 6.92 Å². The van der Waals surface area contributed by atoms with E-state index in [-0.39, 0.29) is 10.0 Å². The van der Waals surface area contributed by atoms with Crippen LogP contribution in [0.1, 0.15) is 5.56 Å². The molecule has 0 aliphatic carbocycles. The molecule has 0 spiro atoms. The maximum atomic E-state index is 13.9. The van der Waals surface area contributed by atoms with Crippen LogP contribution in [0.15, 0.2) is 22.9 Å². The Morgan fingerprint density at radius 3 is 2.76 bits per heavy atom. The highest BCUT2D eigenvalue weighted by Gasteiger charge is 2.17. The fraction of sp³-hybridized carbons (Fsp3) is 0.0909. The van der Waals surface area contributed by atoms with E-state index < -0.39 is 11.6 Å². The van der Waals surface area contributed by atoms with Crippen LogP contribution < -0.4 is 0 Å². The normalized spacial score (nSPS) is 10.6. The summed E-state index contributed by atoms with van der Waals surface area (Å²) in [6.45, 7) is 1.67. The SMILES string of the molecule is Cc1c(-c2c(F)ccc(Br)c2F)[nH]cnc1=S. The van der Waals surface area contributed by atoms with Gasteiger partial charge in [0.1, 0.15) is 16.3 Å². The van der Waals surface area contributed by atoms with Crippen molar-refractivity contribution in [3.63, 3.8) is 0 Å². The van der Waals surface area contributed by atoms with Crippen LogP contribution in [0.2, 0.25) is 0 Å². The van der Waals surface area contributed by atoms with E-state index >= 15 is 0 Å². The number of nitrogens with one attached hydrogen (secondary N) is 1. The van der Waals surface area contributed by atoms with E-state index in [1.165, 1.54) is 18.5 Å². The molecule has 2 nitrogen and oxygen atoms in total. The lowest BCUT2D eigenvalue weighted by atomic mass is 10.1. The second-order valence-electron chi connectivity index (χ2n) is 3.43. The van der Waals surface area contributed by atoms with Crippen molar-refractivity contribution in [1.82, 2.24) is 9.97 Å². The predicted octanol–water partition coefficient (Wildman–Crippen LogP) is 4.16.